The SMILES string of the molecule is Cc1nc(C)c(F)c(NCCN2CC3CCC(C2)O3)n1. The van der Waals surface area contributed by atoms with Crippen LogP contribution >= 0.6 is 0 Å². The summed E-state index contributed by atoms with van der Waals surface area (Å²) in [5.74, 6) is 0.555. The van der Waals surface area contributed by atoms with Crippen LogP contribution in [0.15, 0.2) is 0 Å². The molecule has 5 nitrogen and oxygen atoms in total. The van der Waals surface area contributed by atoms with Gasteiger partial charge in [-0.1, -0.05) is 0 Å². The molecular formula is C14H21FN4O. The van der Waals surface area contributed by atoms with Gasteiger partial charge in [0.1, 0.15) is 5.82 Å². The molecule has 2 aliphatic heterocycles. The smallest absolute Gasteiger partial charge is 0.186 e. The summed E-state index contributed by atoms with van der Waals surface area (Å²) in [5, 5.41) is 3.08. The first-order chi connectivity index (χ1) is 9.61. The summed E-state index contributed by atoms with van der Waals surface area (Å²) in [5.41, 5.74) is 0.393. The predicted molar refractivity (Wildman–Crippen MR) is 74.3 cm³/mol. The maximum atomic E-state index is 13.9. The maximum absolute atomic E-state index is 13.9. The van der Waals surface area contributed by atoms with Crippen LogP contribution in [-0.2, 0) is 4.74 Å². The average Bonchev–Trinajstić information content (AvgIpc) is 2.74. The van der Waals surface area contributed by atoms with Gasteiger partial charge in [-0.25, -0.2) is 14.4 Å². The first kappa shape index (κ1) is 13.7. The van der Waals surface area contributed by atoms with E-state index < -0.39 is 0 Å². The van der Waals surface area contributed by atoms with Gasteiger partial charge >= 0.3 is 0 Å². The summed E-state index contributed by atoms with van der Waals surface area (Å²) >= 11 is 0. The molecule has 1 N–H and O–H groups in total. The van der Waals surface area contributed by atoms with Gasteiger partial charge in [0, 0.05) is 26.2 Å². The van der Waals surface area contributed by atoms with E-state index in [0.29, 0.717) is 36.1 Å². The Hall–Kier alpha value is -1.27. The van der Waals surface area contributed by atoms with Crippen molar-refractivity contribution in [2.45, 2.75) is 38.9 Å². The minimum absolute atomic E-state index is 0.311. The zero-order chi connectivity index (χ0) is 14.1. The fraction of sp³-hybridized carbons (Fsp3) is 0.714. The van der Waals surface area contributed by atoms with Gasteiger partial charge in [-0.15, -0.1) is 0 Å². The lowest BCUT2D eigenvalue weighted by Gasteiger charge is -2.32. The molecule has 1 aromatic heterocycles. The lowest BCUT2D eigenvalue weighted by molar-refractivity contribution is -0.0368. The van der Waals surface area contributed by atoms with Crippen molar-refractivity contribution in [3.8, 4) is 0 Å². The number of ether oxygens (including phenoxy) is 1. The van der Waals surface area contributed by atoms with Crippen LogP contribution in [0, 0.1) is 19.7 Å². The van der Waals surface area contributed by atoms with Crippen molar-refractivity contribution in [2.24, 2.45) is 0 Å². The van der Waals surface area contributed by atoms with E-state index in [1.165, 1.54) is 12.8 Å². The van der Waals surface area contributed by atoms with E-state index in [9.17, 15) is 4.39 Å². The van der Waals surface area contributed by atoms with Crippen LogP contribution in [0.5, 0.6) is 0 Å². The standard InChI is InChI=1S/C14H21FN4O/c1-9-13(15)14(18-10(2)17-9)16-5-6-19-7-11-3-4-12(8-19)20-11/h11-12H,3-8H2,1-2H3,(H,16,17,18). The van der Waals surface area contributed by atoms with Crippen molar-refractivity contribution in [3.05, 3.63) is 17.3 Å². The topological polar surface area (TPSA) is 50.3 Å². The number of halogens is 1. The van der Waals surface area contributed by atoms with Crippen molar-refractivity contribution in [1.29, 1.82) is 0 Å². The largest absolute Gasteiger partial charge is 0.372 e. The van der Waals surface area contributed by atoms with E-state index in [1.54, 1.807) is 13.8 Å². The highest BCUT2D eigenvalue weighted by atomic mass is 19.1. The number of nitrogens with one attached hydrogen (secondary N) is 1. The number of nitrogens with zero attached hydrogens (tertiary/aromatic N) is 3. The number of hydrogen-bond acceptors (Lipinski definition) is 5. The van der Waals surface area contributed by atoms with Crippen LogP contribution in [0.4, 0.5) is 10.2 Å². The van der Waals surface area contributed by atoms with Gasteiger partial charge in [0.25, 0.3) is 0 Å². The van der Waals surface area contributed by atoms with E-state index >= 15 is 0 Å². The molecule has 2 atom stereocenters. The van der Waals surface area contributed by atoms with Crippen molar-refractivity contribution < 1.29 is 9.13 Å². The van der Waals surface area contributed by atoms with Gasteiger partial charge in [0.15, 0.2) is 11.6 Å². The fourth-order valence-corrected chi connectivity index (χ4v) is 3.03. The Bertz CT molecular complexity index is 484. The fourth-order valence-electron chi connectivity index (χ4n) is 3.03. The maximum Gasteiger partial charge on any atom is 0.186 e. The third-order valence-electron chi connectivity index (χ3n) is 3.97. The highest BCUT2D eigenvalue weighted by molar-refractivity contribution is 5.37. The number of likely N-dealkylation sites (tertiary alicyclic amines) is 1. The number of aromatic nitrogens is 2. The number of fused-ring (bicyclic) bond motifs is 2. The Morgan fingerprint density at radius 1 is 1.25 bits per heavy atom. The second kappa shape index (κ2) is 5.61. The number of morpholine rings is 1. The van der Waals surface area contributed by atoms with Crippen LogP contribution in [0.2, 0.25) is 0 Å². The van der Waals surface area contributed by atoms with Crippen molar-refractivity contribution >= 4 is 5.82 Å². The molecule has 3 rings (SSSR count). The second-order valence-electron chi connectivity index (χ2n) is 5.66. The third kappa shape index (κ3) is 2.91. The molecular weight excluding hydrogens is 259 g/mol. The van der Waals surface area contributed by atoms with E-state index in [-0.39, 0.29) is 5.82 Å². The van der Waals surface area contributed by atoms with E-state index in [0.717, 1.165) is 19.6 Å². The molecule has 0 amide bonds. The van der Waals surface area contributed by atoms with Gasteiger partial charge < -0.3 is 10.1 Å². The summed E-state index contributed by atoms with van der Waals surface area (Å²) in [4.78, 5) is 10.5. The average molecular weight is 280 g/mol. The molecule has 0 radical (unpaired) electrons. The highest BCUT2D eigenvalue weighted by Crippen LogP contribution is 2.25. The summed E-state index contributed by atoms with van der Waals surface area (Å²) in [6, 6.07) is 0. The van der Waals surface area contributed by atoms with Crippen LogP contribution in [-0.4, -0.2) is 53.3 Å². The van der Waals surface area contributed by atoms with Crippen LogP contribution < -0.4 is 5.32 Å². The molecule has 2 unspecified atom stereocenters. The number of anilines is 1. The molecule has 6 heteroatoms. The highest BCUT2D eigenvalue weighted by Gasteiger charge is 2.33. The van der Waals surface area contributed by atoms with Crippen molar-refractivity contribution in [1.82, 2.24) is 14.9 Å². The van der Waals surface area contributed by atoms with Gasteiger partial charge in [-0.05, 0) is 26.7 Å². The molecule has 3 heterocycles. The normalized spacial score (nSPS) is 25.9. The van der Waals surface area contributed by atoms with E-state index in [4.69, 9.17) is 4.74 Å². The molecule has 110 valence electrons. The third-order valence-corrected chi connectivity index (χ3v) is 3.97. The number of rotatable bonds is 4. The summed E-state index contributed by atoms with van der Waals surface area (Å²) in [7, 11) is 0. The molecule has 1 aromatic rings. The minimum Gasteiger partial charge on any atom is -0.372 e. The Labute approximate surface area is 118 Å². The Morgan fingerprint density at radius 2 is 1.95 bits per heavy atom. The Morgan fingerprint density at radius 3 is 2.65 bits per heavy atom. The minimum atomic E-state index is -0.349. The predicted octanol–water partition coefficient (Wildman–Crippen LogP) is 1.51. The molecule has 0 aromatic carbocycles. The number of hydrogen-bond donors (Lipinski definition) is 1. The molecule has 2 bridgehead atoms. The van der Waals surface area contributed by atoms with Crippen molar-refractivity contribution in [3.63, 3.8) is 0 Å². The summed E-state index contributed by atoms with van der Waals surface area (Å²) in [6.45, 7) is 6.99. The first-order valence-corrected chi connectivity index (χ1v) is 7.24. The monoisotopic (exact) mass is 280 g/mol. The molecule has 0 spiro atoms. The number of aryl methyl sites for hydroxylation is 2. The van der Waals surface area contributed by atoms with Crippen LogP contribution in [0.3, 0.4) is 0 Å². The molecule has 2 aliphatic rings. The van der Waals surface area contributed by atoms with Crippen molar-refractivity contribution in [2.75, 3.05) is 31.5 Å². The lowest BCUT2D eigenvalue weighted by Crippen LogP contribution is -2.44. The van der Waals surface area contributed by atoms with Gasteiger partial charge in [-0.3, -0.25) is 4.90 Å². The zero-order valence-electron chi connectivity index (χ0n) is 12.0. The second-order valence-corrected chi connectivity index (χ2v) is 5.66. The van der Waals surface area contributed by atoms with Gasteiger partial charge in [-0.2, -0.15) is 0 Å². The van der Waals surface area contributed by atoms with Gasteiger partial charge in [0.2, 0.25) is 0 Å². The quantitative estimate of drug-likeness (QED) is 0.906. The van der Waals surface area contributed by atoms with Crippen LogP contribution in [0.1, 0.15) is 24.4 Å². The molecule has 0 saturated carbocycles. The molecule has 2 fully saturated rings. The zero-order valence-corrected chi connectivity index (χ0v) is 12.0. The Balaban J connectivity index is 1.53. The van der Waals surface area contributed by atoms with Crippen LogP contribution in [0.25, 0.3) is 0 Å². The lowest BCUT2D eigenvalue weighted by atomic mass is 10.2. The molecule has 20 heavy (non-hydrogen) atoms. The molecule has 2 saturated heterocycles. The molecule has 0 aliphatic carbocycles. The summed E-state index contributed by atoms with van der Waals surface area (Å²) in [6.07, 6.45) is 3.14. The Kier molecular flexibility index (Phi) is 3.85. The van der Waals surface area contributed by atoms with E-state index in [1.807, 2.05) is 0 Å². The first-order valence-electron chi connectivity index (χ1n) is 7.24. The summed E-state index contributed by atoms with van der Waals surface area (Å²) < 4.78 is 19.7. The van der Waals surface area contributed by atoms with E-state index in [2.05, 4.69) is 20.2 Å². The van der Waals surface area contributed by atoms with Gasteiger partial charge in [0.05, 0.1) is 17.9 Å².